The fraction of sp³-hybridized carbons (Fsp3) is 0.158. The Labute approximate surface area is 160 Å². The van der Waals surface area contributed by atoms with Gasteiger partial charge in [-0.05, 0) is 24.3 Å². The van der Waals surface area contributed by atoms with Gasteiger partial charge in [0.1, 0.15) is 0 Å². The Morgan fingerprint density at radius 2 is 1.75 bits per heavy atom. The first kappa shape index (κ1) is 18.9. The van der Waals surface area contributed by atoms with Crippen LogP contribution in [-0.4, -0.2) is 44.6 Å². The van der Waals surface area contributed by atoms with Crippen LogP contribution in [0.2, 0.25) is 0 Å². The highest BCUT2D eigenvalue weighted by molar-refractivity contribution is 6.05. The summed E-state index contributed by atoms with van der Waals surface area (Å²) in [5.74, 6) is -1.65. The minimum absolute atomic E-state index is 0.307. The van der Waals surface area contributed by atoms with Gasteiger partial charge < -0.3 is 4.74 Å². The smallest absolute Gasteiger partial charge is 0.330 e. The van der Waals surface area contributed by atoms with Gasteiger partial charge in [-0.3, -0.25) is 14.9 Å². The number of rotatable bonds is 6. The molecular formula is C19H17N5O4. The highest BCUT2D eigenvalue weighted by Gasteiger charge is 2.14. The Hall–Kier alpha value is -3.88. The quantitative estimate of drug-likeness (QED) is 0.639. The maximum atomic E-state index is 11.8. The first-order valence-electron chi connectivity index (χ1n) is 8.41. The summed E-state index contributed by atoms with van der Waals surface area (Å²) in [4.78, 5) is 36.5. The summed E-state index contributed by atoms with van der Waals surface area (Å²) in [5.41, 5.74) is 2.20. The first-order chi connectivity index (χ1) is 13.5. The number of nitrogens with zero attached hydrogens (tertiary/aromatic N) is 4. The number of carbonyl (C=O) groups is 3. The van der Waals surface area contributed by atoms with Crippen molar-refractivity contribution in [3.05, 3.63) is 65.7 Å². The zero-order chi connectivity index (χ0) is 19.9. The van der Waals surface area contributed by atoms with E-state index in [1.165, 1.54) is 0 Å². The standard InChI is InChI=1S/C19H17N5O4/c1-13-7-9-14(10-8-13)18-21-23-24(22-18)11-17(26)28-12-16(25)20-19(27)15-5-3-2-4-6-15/h2-10H,11-12H2,1H3,(H,20,25,27). The summed E-state index contributed by atoms with van der Waals surface area (Å²) >= 11 is 0. The van der Waals surface area contributed by atoms with Crippen molar-refractivity contribution in [3.63, 3.8) is 0 Å². The van der Waals surface area contributed by atoms with Gasteiger partial charge in [0.15, 0.2) is 13.2 Å². The van der Waals surface area contributed by atoms with Gasteiger partial charge in [-0.2, -0.15) is 4.80 Å². The highest BCUT2D eigenvalue weighted by atomic mass is 16.5. The zero-order valence-corrected chi connectivity index (χ0v) is 15.0. The Kier molecular flexibility index (Phi) is 5.85. The van der Waals surface area contributed by atoms with Crippen molar-refractivity contribution in [2.75, 3.05) is 6.61 Å². The highest BCUT2D eigenvalue weighted by Crippen LogP contribution is 2.13. The maximum absolute atomic E-state index is 11.8. The number of hydrogen-bond acceptors (Lipinski definition) is 7. The maximum Gasteiger partial charge on any atom is 0.330 e. The van der Waals surface area contributed by atoms with Crippen LogP contribution in [0.15, 0.2) is 54.6 Å². The second-order valence-electron chi connectivity index (χ2n) is 5.91. The van der Waals surface area contributed by atoms with E-state index in [9.17, 15) is 14.4 Å². The van der Waals surface area contributed by atoms with Gasteiger partial charge in [0.25, 0.3) is 11.8 Å². The molecule has 0 spiro atoms. The molecule has 0 aliphatic carbocycles. The van der Waals surface area contributed by atoms with Gasteiger partial charge >= 0.3 is 5.97 Å². The first-order valence-corrected chi connectivity index (χ1v) is 8.41. The third kappa shape index (κ3) is 5.07. The van der Waals surface area contributed by atoms with E-state index in [2.05, 4.69) is 20.7 Å². The lowest BCUT2D eigenvalue weighted by atomic mass is 10.1. The molecule has 0 aliphatic rings. The van der Waals surface area contributed by atoms with Crippen LogP contribution in [0.25, 0.3) is 11.4 Å². The molecule has 1 heterocycles. The molecule has 3 rings (SSSR count). The van der Waals surface area contributed by atoms with Crippen LogP contribution in [-0.2, 0) is 20.9 Å². The number of tetrazole rings is 1. The Morgan fingerprint density at radius 1 is 1.04 bits per heavy atom. The summed E-state index contributed by atoms with van der Waals surface area (Å²) in [6.45, 7) is 1.07. The number of aryl methyl sites for hydroxylation is 1. The Bertz CT molecular complexity index is 983. The molecule has 0 aliphatic heterocycles. The minimum atomic E-state index is -0.728. The van der Waals surface area contributed by atoms with Gasteiger partial charge in [-0.25, -0.2) is 4.79 Å². The van der Waals surface area contributed by atoms with E-state index in [0.29, 0.717) is 11.4 Å². The minimum Gasteiger partial charge on any atom is -0.454 e. The fourth-order valence-electron chi connectivity index (χ4n) is 2.26. The van der Waals surface area contributed by atoms with Crippen LogP contribution in [0, 0.1) is 6.92 Å². The SMILES string of the molecule is Cc1ccc(-c2nnn(CC(=O)OCC(=O)NC(=O)c3ccccc3)n2)cc1. The van der Waals surface area contributed by atoms with Crippen molar-refractivity contribution in [1.82, 2.24) is 25.5 Å². The summed E-state index contributed by atoms with van der Waals surface area (Å²) < 4.78 is 4.84. The predicted octanol–water partition coefficient (Wildman–Crippen LogP) is 1.15. The van der Waals surface area contributed by atoms with E-state index in [0.717, 1.165) is 15.9 Å². The van der Waals surface area contributed by atoms with E-state index < -0.39 is 24.4 Å². The van der Waals surface area contributed by atoms with Crippen LogP contribution < -0.4 is 5.32 Å². The van der Waals surface area contributed by atoms with Gasteiger partial charge in [0.2, 0.25) is 5.82 Å². The summed E-state index contributed by atoms with van der Waals surface area (Å²) in [6, 6.07) is 15.8. The fourth-order valence-corrected chi connectivity index (χ4v) is 2.26. The number of esters is 1. The average molecular weight is 379 g/mol. The van der Waals surface area contributed by atoms with Crippen molar-refractivity contribution in [2.24, 2.45) is 0 Å². The molecule has 9 heteroatoms. The molecule has 1 aromatic heterocycles. The molecule has 28 heavy (non-hydrogen) atoms. The van der Waals surface area contributed by atoms with Gasteiger partial charge in [0.05, 0.1) is 0 Å². The number of nitrogens with one attached hydrogen (secondary N) is 1. The summed E-state index contributed by atoms with van der Waals surface area (Å²) in [6.07, 6.45) is 0. The summed E-state index contributed by atoms with van der Waals surface area (Å²) in [7, 11) is 0. The van der Waals surface area contributed by atoms with Gasteiger partial charge in [0, 0.05) is 11.1 Å². The second-order valence-corrected chi connectivity index (χ2v) is 5.91. The molecule has 2 aromatic carbocycles. The van der Waals surface area contributed by atoms with E-state index in [1.54, 1.807) is 30.3 Å². The number of amides is 2. The number of aromatic nitrogens is 4. The van der Waals surface area contributed by atoms with Crippen LogP contribution >= 0.6 is 0 Å². The molecule has 9 nitrogen and oxygen atoms in total. The molecule has 0 saturated heterocycles. The van der Waals surface area contributed by atoms with Crippen molar-refractivity contribution in [3.8, 4) is 11.4 Å². The van der Waals surface area contributed by atoms with Crippen molar-refractivity contribution < 1.29 is 19.1 Å². The molecule has 0 saturated carbocycles. The third-order valence-corrected chi connectivity index (χ3v) is 3.69. The van der Waals surface area contributed by atoms with Gasteiger partial charge in [-0.1, -0.05) is 48.0 Å². The Morgan fingerprint density at radius 3 is 2.46 bits per heavy atom. The van der Waals surface area contributed by atoms with Crippen molar-refractivity contribution >= 4 is 17.8 Å². The average Bonchev–Trinajstić information content (AvgIpc) is 3.16. The second kappa shape index (κ2) is 8.67. The van der Waals surface area contributed by atoms with Crippen LogP contribution in [0.3, 0.4) is 0 Å². The van der Waals surface area contributed by atoms with E-state index in [-0.39, 0.29) is 6.54 Å². The van der Waals surface area contributed by atoms with Crippen molar-refractivity contribution in [1.29, 1.82) is 0 Å². The lowest BCUT2D eigenvalue weighted by molar-refractivity contribution is -0.149. The Balaban J connectivity index is 1.47. The molecule has 2 amide bonds. The number of benzene rings is 2. The molecule has 0 unspecified atom stereocenters. The lowest BCUT2D eigenvalue weighted by Crippen LogP contribution is -2.34. The molecule has 142 valence electrons. The molecule has 0 bridgehead atoms. The third-order valence-electron chi connectivity index (χ3n) is 3.69. The number of carbonyl (C=O) groups excluding carboxylic acids is 3. The number of hydrogen-bond donors (Lipinski definition) is 1. The molecule has 0 radical (unpaired) electrons. The van der Waals surface area contributed by atoms with Crippen LogP contribution in [0.5, 0.6) is 0 Å². The van der Waals surface area contributed by atoms with Gasteiger partial charge in [-0.15, -0.1) is 10.2 Å². The molecule has 3 aromatic rings. The zero-order valence-electron chi connectivity index (χ0n) is 15.0. The van der Waals surface area contributed by atoms with E-state index >= 15 is 0 Å². The molecule has 0 atom stereocenters. The topological polar surface area (TPSA) is 116 Å². The summed E-state index contributed by atoms with van der Waals surface area (Å²) in [5, 5.41) is 13.9. The number of ether oxygens (including phenoxy) is 1. The largest absolute Gasteiger partial charge is 0.454 e. The lowest BCUT2D eigenvalue weighted by Gasteiger charge is -2.05. The molecular weight excluding hydrogens is 362 g/mol. The van der Waals surface area contributed by atoms with Crippen LogP contribution in [0.1, 0.15) is 15.9 Å². The molecule has 0 fully saturated rings. The molecule has 1 N–H and O–H groups in total. The number of imide groups is 1. The normalized spacial score (nSPS) is 10.3. The predicted molar refractivity (Wildman–Crippen MR) is 97.9 cm³/mol. The van der Waals surface area contributed by atoms with Crippen molar-refractivity contribution in [2.45, 2.75) is 13.5 Å². The van der Waals surface area contributed by atoms with E-state index in [4.69, 9.17) is 4.74 Å². The monoisotopic (exact) mass is 379 g/mol. The van der Waals surface area contributed by atoms with Crippen LogP contribution in [0.4, 0.5) is 0 Å². The van der Waals surface area contributed by atoms with E-state index in [1.807, 2.05) is 31.2 Å².